The summed E-state index contributed by atoms with van der Waals surface area (Å²) in [7, 11) is 0. The minimum atomic E-state index is -0.0732. The van der Waals surface area contributed by atoms with Gasteiger partial charge in [0.1, 0.15) is 0 Å². The summed E-state index contributed by atoms with van der Waals surface area (Å²) >= 11 is 5.99. The maximum absolute atomic E-state index is 12.9. The molecule has 2 aromatic carbocycles. The fraction of sp³-hybridized carbons (Fsp3) is 0.273. The molecule has 4 nitrogen and oxygen atoms in total. The Morgan fingerprint density at radius 1 is 1.07 bits per heavy atom. The summed E-state index contributed by atoms with van der Waals surface area (Å²) in [6, 6.07) is 17.1. The van der Waals surface area contributed by atoms with Crippen LogP contribution >= 0.6 is 11.6 Å². The predicted octanol–water partition coefficient (Wildman–Crippen LogP) is 4.63. The van der Waals surface area contributed by atoms with Crippen molar-refractivity contribution in [3.8, 4) is 11.3 Å². The molecule has 0 bridgehead atoms. The number of halogens is 1. The Labute approximate surface area is 165 Å². The molecule has 140 valence electrons. The number of benzene rings is 2. The first kappa shape index (κ1) is 19.3. The molecule has 0 radical (unpaired) electrons. The number of hydrogen-bond acceptors (Lipinski definition) is 3. The summed E-state index contributed by atoms with van der Waals surface area (Å²) in [5.41, 5.74) is 3.14. The monoisotopic (exact) mass is 381 g/mol. The molecule has 0 saturated carbocycles. The number of nitrogens with one attached hydrogen (secondary N) is 1. The van der Waals surface area contributed by atoms with Crippen molar-refractivity contribution < 1.29 is 4.79 Å². The molecule has 0 spiro atoms. The Kier molecular flexibility index (Phi) is 6.43. The van der Waals surface area contributed by atoms with Crippen molar-refractivity contribution in [2.24, 2.45) is 0 Å². The van der Waals surface area contributed by atoms with Crippen LogP contribution in [0.25, 0.3) is 22.2 Å². The molecule has 5 heteroatoms. The van der Waals surface area contributed by atoms with Crippen molar-refractivity contribution in [3.05, 3.63) is 65.2 Å². The van der Waals surface area contributed by atoms with Crippen LogP contribution in [0.5, 0.6) is 0 Å². The van der Waals surface area contributed by atoms with Crippen molar-refractivity contribution in [2.45, 2.75) is 13.8 Å². The first-order valence-corrected chi connectivity index (χ1v) is 9.66. The average Bonchev–Trinajstić information content (AvgIpc) is 2.70. The lowest BCUT2D eigenvalue weighted by molar-refractivity contribution is 0.0950. The molecule has 0 aliphatic rings. The van der Waals surface area contributed by atoms with E-state index in [1.54, 1.807) is 0 Å². The summed E-state index contributed by atoms with van der Waals surface area (Å²) in [5, 5.41) is 4.58. The number of para-hydroxylation sites is 1. The van der Waals surface area contributed by atoms with Gasteiger partial charge in [0.15, 0.2) is 0 Å². The van der Waals surface area contributed by atoms with Gasteiger partial charge >= 0.3 is 0 Å². The van der Waals surface area contributed by atoms with E-state index in [1.165, 1.54) is 0 Å². The van der Waals surface area contributed by atoms with Gasteiger partial charge in [-0.2, -0.15) is 0 Å². The van der Waals surface area contributed by atoms with Gasteiger partial charge in [0.05, 0.1) is 16.8 Å². The standard InChI is InChI=1S/C22H24ClN3O/c1-3-26(4-2)14-13-24-22(27)19-15-21(16-9-11-17(23)12-10-16)25-20-8-6-5-7-18(19)20/h5-12,15H,3-4,13-14H2,1-2H3,(H,24,27). The molecule has 1 N–H and O–H groups in total. The summed E-state index contributed by atoms with van der Waals surface area (Å²) in [6.45, 7) is 7.66. The van der Waals surface area contributed by atoms with Gasteiger partial charge in [-0.3, -0.25) is 4.79 Å². The highest BCUT2D eigenvalue weighted by Gasteiger charge is 2.14. The third-order valence-electron chi connectivity index (χ3n) is 4.71. The molecule has 1 heterocycles. The van der Waals surface area contributed by atoms with E-state index < -0.39 is 0 Å². The van der Waals surface area contributed by atoms with Crippen LogP contribution in [0.2, 0.25) is 5.02 Å². The quantitative estimate of drug-likeness (QED) is 0.649. The fourth-order valence-corrected chi connectivity index (χ4v) is 3.22. The Hall–Kier alpha value is -2.43. The number of nitrogens with zero attached hydrogens (tertiary/aromatic N) is 2. The van der Waals surface area contributed by atoms with Crippen molar-refractivity contribution >= 4 is 28.4 Å². The molecule has 0 unspecified atom stereocenters. The minimum Gasteiger partial charge on any atom is -0.351 e. The van der Waals surface area contributed by atoms with E-state index in [0.717, 1.165) is 41.8 Å². The number of carbonyl (C=O) groups is 1. The highest BCUT2D eigenvalue weighted by Crippen LogP contribution is 2.25. The number of rotatable bonds is 7. The van der Waals surface area contributed by atoms with E-state index in [0.29, 0.717) is 17.1 Å². The second-order valence-electron chi connectivity index (χ2n) is 6.36. The number of pyridine rings is 1. The second kappa shape index (κ2) is 8.98. The molecule has 1 amide bonds. The molecule has 0 fully saturated rings. The maximum Gasteiger partial charge on any atom is 0.252 e. The third kappa shape index (κ3) is 4.65. The molecular weight excluding hydrogens is 358 g/mol. The highest BCUT2D eigenvalue weighted by atomic mass is 35.5. The number of carbonyl (C=O) groups excluding carboxylic acids is 1. The van der Waals surface area contributed by atoms with Gasteiger partial charge < -0.3 is 10.2 Å². The van der Waals surface area contributed by atoms with Gasteiger partial charge in [0.25, 0.3) is 5.91 Å². The third-order valence-corrected chi connectivity index (χ3v) is 4.96. The zero-order valence-corrected chi connectivity index (χ0v) is 16.5. The molecule has 27 heavy (non-hydrogen) atoms. The minimum absolute atomic E-state index is 0.0732. The summed E-state index contributed by atoms with van der Waals surface area (Å²) < 4.78 is 0. The van der Waals surface area contributed by atoms with Gasteiger partial charge in [-0.05, 0) is 37.4 Å². The SMILES string of the molecule is CCN(CC)CCNC(=O)c1cc(-c2ccc(Cl)cc2)nc2ccccc12. The predicted molar refractivity (Wildman–Crippen MR) is 112 cm³/mol. The van der Waals surface area contributed by atoms with Crippen LogP contribution in [-0.4, -0.2) is 42.0 Å². The lowest BCUT2D eigenvalue weighted by Gasteiger charge is -2.18. The van der Waals surface area contributed by atoms with Crippen LogP contribution in [0.3, 0.4) is 0 Å². The molecule has 1 aromatic heterocycles. The normalized spacial score (nSPS) is 11.1. The Balaban J connectivity index is 1.91. The van der Waals surface area contributed by atoms with Crippen molar-refractivity contribution in [2.75, 3.05) is 26.2 Å². The van der Waals surface area contributed by atoms with E-state index in [2.05, 4.69) is 24.1 Å². The van der Waals surface area contributed by atoms with Gasteiger partial charge in [0, 0.05) is 29.1 Å². The molecule has 3 aromatic rings. The summed E-state index contributed by atoms with van der Waals surface area (Å²) in [6.07, 6.45) is 0. The molecular formula is C22H24ClN3O. The molecule has 0 aliphatic heterocycles. The molecule has 3 rings (SSSR count). The van der Waals surface area contributed by atoms with E-state index in [-0.39, 0.29) is 5.91 Å². The van der Waals surface area contributed by atoms with Crippen LogP contribution in [-0.2, 0) is 0 Å². The van der Waals surface area contributed by atoms with Crippen molar-refractivity contribution in [1.29, 1.82) is 0 Å². The number of fused-ring (bicyclic) bond motifs is 1. The Morgan fingerprint density at radius 2 is 1.78 bits per heavy atom. The number of aromatic nitrogens is 1. The van der Waals surface area contributed by atoms with E-state index in [1.807, 2.05) is 54.6 Å². The first-order valence-electron chi connectivity index (χ1n) is 9.28. The van der Waals surface area contributed by atoms with E-state index >= 15 is 0 Å². The van der Waals surface area contributed by atoms with Crippen molar-refractivity contribution in [3.63, 3.8) is 0 Å². The Bertz CT molecular complexity index is 920. The van der Waals surface area contributed by atoms with Gasteiger partial charge in [0.2, 0.25) is 0 Å². The van der Waals surface area contributed by atoms with Crippen molar-refractivity contribution in [1.82, 2.24) is 15.2 Å². The number of amides is 1. The number of likely N-dealkylation sites (N-methyl/N-ethyl adjacent to an activating group) is 1. The van der Waals surface area contributed by atoms with Crippen LogP contribution in [0.15, 0.2) is 54.6 Å². The maximum atomic E-state index is 12.9. The fourth-order valence-electron chi connectivity index (χ4n) is 3.09. The first-order chi connectivity index (χ1) is 13.1. The van der Waals surface area contributed by atoms with Gasteiger partial charge in [-0.25, -0.2) is 4.98 Å². The van der Waals surface area contributed by atoms with Crippen LogP contribution in [0, 0.1) is 0 Å². The Morgan fingerprint density at radius 3 is 2.48 bits per heavy atom. The van der Waals surface area contributed by atoms with E-state index in [9.17, 15) is 4.79 Å². The highest BCUT2D eigenvalue weighted by molar-refractivity contribution is 6.30. The van der Waals surface area contributed by atoms with Gasteiger partial charge in [-0.1, -0.05) is 55.8 Å². The molecule has 0 aliphatic carbocycles. The zero-order valence-electron chi connectivity index (χ0n) is 15.7. The lowest BCUT2D eigenvalue weighted by Crippen LogP contribution is -2.34. The lowest BCUT2D eigenvalue weighted by atomic mass is 10.0. The number of hydrogen-bond donors (Lipinski definition) is 1. The topological polar surface area (TPSA) is 45.2 Å². The van der Waals surface area contributed by atoms with Gasteiger partial charge in [-0.15, -0.1) is 0 Å². The summed E-state index contributed by atoms with van der Waals surface area (Å²) in [4.78, 5) is 19.9. The largest absolute Gasteiger partial charge is 0.351 e. The second-order valence-corrected chi connectivity index (χ2v) is 6.80. The van der Waals surface area contributed by atoms with Crippen LogP contribution in [0.4, 0.5) is 0 Å². The zero-order chi connectivity index (χ0) is 19.2. The van der Waals surface area contributed by atoms with Crippen LogP contribution < -0.4 is 5.32 Å². The summed E-state index contributed by atoms with van der Waals surface area (Å²) in [5.74, 6) is -0.0732. The van der Waals surface area contributed by atoms with E-state index in [4.69, 9.17) is 16.6 Å². The molecule has 0 atom stereocenters. The smallest absolute Gasteiger partial charge is 0.252 e. The average molecular weight is 382 g/mol. The van der Waals surface area contributed by atoms with Crippen LogP contribution in [0.1, 0.15) is 24.2 Å². The molecule has 0 saturated heterocycles.